The molecule has 2 aromatic heterocycles. The van der Waals surface area contributed by atoms with Crippen molar-refractivity contribution in [2.75, 3.05) is 19.7 Å². The molecule has 1 amide bonds. The van der Waals surface area contributed by atoms with Gasteiger partial charge in [0.2, 0.25) is 5.91 Å². The number of carboxylic acids is 1. The zero-order chi connectivity index (χ0) is 23.9. The summed E-state index contributed by atoms with van der Waals surface area (Å²) < 4.78 is 49.2. The number of likely N-dealkylation sites (tertiary alicyclic amines) is 1. The SMILES string of the molecule is O=C(Cc1ccco1)N1CCC[C@]2(C[C@H](OCc3cccnc3)CO2)C1.O=C(O)C(F)(F)F. The maximum atomic E-state index is 12.6. The number of piperidine rings is 1. The van der Waals surface area contributed by atoms with Gasteiger partial charge in [-0.15, -0.1) is 0 Å². The van der Waals surface area contributed by atoms with Crippen molar-refractivity contribution in [2.45, 2.75) is 50.2 Å². The fourth-order valence-corrected chi connectivity index (χ4v) is 3.88. The van der Waals surface area contributed by atoms with E-state index in [0.717, 1.165) is 31.4 Å². The summed E-state index contributed by atoms with van der Waals surface area (Å²) in [7, 11) is 0. The van der Waals surface area contributed by atoms with Gasteiger partial charge in [-0.25, -0.2) is 4.79 Å². The lowest BCUT2D eigenvalue weighted by atomic mass is 9.89. The number of alkyl halides is 3. The van der Waals surface area contributed by atoms with Gasteiger partial charge in [-0.1, -0.05) is 6.07 Å². The van der Waals surface area contributed by atoms with Crippen molar-refractivity contribution in [3.05, 3.63) is 54.2 Å². The smallest absolute Gasteiger partial charge is 0.475 e. The van der Waals surface area contributed by atoms with Crippen LogP contribution in [-0.2, 0) is 32.1 Å². The Kier molecular flexibility index (Phi) is 8.09. The summed E-state index contributed by atoms with van der Waals surface area (Å²) in [5.74, 6) is -1.95. The van der Waals surface area contributed by atoms with Crippen LogP contribution < -0.4 is 0 Å². The number of carboxylic acid groups (broad SMARTS) is 1. The molecule has 11 heteroatoms. The average molecular weight is 470 g/mol. The topological polar surface area (TPSA) is 102 Å². The summed E-state index contributed by atoms with van der Waals surface area (Å²) in [4.78, 5) is 27.5. The van der Waals surface area contributed by atoms with E-state index >= 15 is 0 Å². The molecule has 0 unspecified atom stereocenters. The van der Waals surface area contributed by atoms with Gasteiger partial charge in [-0.2, -0.15) is 13.2 Å². The Hall–Kier alpha value is -2.92. The first-order valence-corrected chi connectivity index (χ1v) is 10.4. The van der Waals surface area contributed by atoms with Gasteiger partial charge in [0.15, 0.2) is 0 Å². The Morgan fingerprint density at radius 3 is 2.73 bits per heavy atom. The number of nitrogens with zero attached hydrogens (tertiary/aromatic N) is 2. The zero-order valence-electron chi connectivity index (χ0n) is 17.8. The molecule has 2 saturated heterocycles. The van der Waals surface area contributed by atoms with Crippen LogP contribution in [0.4, 0.5) is 13.2 Å². The van der Waals surface area contributed by atoms with E-state index in [-0.39, 0.29) is 17.6 Å². The zero-order valence-corrected chi connectivity index (χ0v) is 17.8. The summed E-state index contributed by atoms with van der Waals surface area (Å²) in [5, 5.41) is 7.12. The minimum atomic E-state index is -5.08. The fourth-order valence-electron chi connectivity index (χ4n) is 3.88. The highest BCUT2D eigenvalue weighted by Gasteiger charge is 2.45. The first kappa shape index (κ1) is 24.7. The Balaban J connectivity index is 0.000000383. The minimum absolute atomic E-state index is 0.0651. The van der Waals surface area contributed by atoms with E-state index in [0.29, 0.717) is 31.9 Å². The lowest BCUT2D eigenvalue weighted by molar-refractivity contribution is -0.192. The molecule has 4 rings (SSSR count). The van der Waals surface area contributed by atoms with Gasteiger partial charge in [-0.05, 0) is 36.6 Å². The van der Waals surface area contributed by atoms with Gasteiger partial charge in [0.1, 0.15) is 5.76 Å². The Morgan fingerprint density at radius 1 is 1.30 bits per heavy atom. The molecular weight excluding hydrogens is 445 g/mol. The van der Waals surface area contributed by atoms with Crippen LogP contribution in [0.3, 0.4) is 0 Å². The van der Waals surface area contributed by atoms with Gasteiger partial charge in [-0.3, -0.25) is 9.78 Å². The number of carbonyl (C=O) groups is 2. The number of hydrogen-bond acceptors (Lipinski definition) is 6. The molecule has 33 heavy (non-hydrogen) atoms. The predicted molar refractivity (Wildman–Crippen MR) is 108 cm³/mol. The molecule has 0 saturated carbocycles. The third-order valence-electron chi connectivity index (χ3n) is 5.42. The number of hydrogen-bond donors (Lipinski definition) is 1. The largest absolute Gasteiger partial charge is 0.490 e. The van der Waals surface area contributed by atoms with Crippen molar-refractivity contribution in [3.8, 4) is 0 Å². The summed E-state index contributed by atoms with van der Waals surface area (Å²) in [6.07, 6.45) is 3.24. The molecule has 1 spiro atoms. The molecule has 4 heterocycles. The maximum absolute atomic E-state index is 12.6. The van der Waals surface area contributed by atoms with Crippen LogP contribution in [0.2, 0.25) is 0 Å². The van der Waals surface area contributed by atoms with Gasteiger partial charge in [0.05, 0.1) is 37.6 Å². The Bertz CT molecular complexity index is 907. The van der Waals surface area contributed by atoms with Crippen LogP contribution in [0.1, 0.15) is 30.6 Å². The van der Waals surface area contributed by atoms with E-state index in [9.17, 15) is 18.0 Å². The van der Waals surface area contributed by atoms with Crippen LogP contribution >= 0.6 is 0 Å². The highest BCUT2D eigenvalue weighted by Crippen LogP contribution is 2.36. The fraction of sp³-hybridized carbons (Fsp3) is 0.500. The highest BCUT2D eigenvalue weighted by atomic mass is 19.4. The number of rotatable bonds is 5. The molecule has 2 aromatic rings. The number of carbonyl (C=O) groups excluding carboxylic acids is 1. The molecule has 0 bridgehead atoms. The number of aliphatic carboxylic acids is 1. The van der Waals surface area contributed by atoms with E-state index in [4.69, 9.17) is 23.8 Å². The monoisotopic (exact) mass is 470 g/mol. The molecule has 2 atom stereocenters. The third-order valence-corrected chi connectivity index (χ3v) is 5.42. The molecule has 1 N–H and O–H groups in total. The average Bonchev–Trinajstić information content (AvgIpc) is 3.43. The molecule has 180 valence electrons. The standard InChI is InChI=1S/C20H24N2O4.C2HF3O2/c23-19(10-17-5-2-9-24-17)22-8-3-6-20(15-22)11-18(14-26-20)25-13-16-4-1-7-21-12-16;3-2(4,5)1(6)7/h1-2,4-5,7,9,12,18H,3,6,8,10-11,13-15H2;(H,6,7)/t18-,20-;/m0./s1. The summed E-state index contributed by atoms with van der Waals surface area (Å²) >= 11 is 0. The van der Waals surface area contributed by atoms with Crippen LogP contribution in [0.15, 0.2) is 47.3 Å². The van der Waals surface area contributed by atoms with Crippen molar-refractivity contribution in [3.63, 3.8) is 0 Å². The third kappa shape index (κ3) is 7.29. The van der Waals surface area contributed by atoms with E-state index in [2.05, 4.69) is 4.98 Å². The summed E-state index contributed by atoms with van der Waals surface area (Å²) in [5.41, 5.74) is 0.795. The molecule has 8 nitrogen and oxygen atoms in total. The van der Waals surface area contributed by atoms with Crippen molar-refractivity contribution in [1.82, 2.24) is 9.88 Å². The quantitative estimate of drug-likeness (QED) is 0.716. The molecule has 0 aromatic carbocycles. The number of aromatic nitrogens is 1. The Labute approximate surface area is 188 Å². The number of furan rings is 1. The molecule has 0 aliphatic carbocycles. The van der Waals surface area contributed by atoms with Crippen LogP contribution in [0.5, 0.6) is 0 Å². The second-order valence-corrected chi connectivity index (χ2v) is 7.97. The number of amides is 1. The van der Waals surface area contributed by atoms with Crippen LogP contribution in [-0.4, -0.2) is 64.4 Å². The van der Waals surface area contributed by atoms with Gasteiger partial charge in [0.25, 0.3) is 0 Å². The first-order chi connectivity index (χ1) is 15.7. The Morgan fingerprint density at radius 2 is 2.09 bits per heavy atom. The second-order valence-electron chi connectivity index (χ2n) is 7.97. The predicted octanol–water partition coefficient (Wildman–Crippen LogP) is 3.22. The van der Waals surface area contributed by atoms with Crippen LogP contribution in [0.25, 0.3) is 0 Å². The normalized spacial score (nSPS) is 22.6. The number of ether oxygens (including phenoxy) is 2. The van der Waals surface area contributed by atoms with E-state index in [1.807, 2.05) is 35.4 Å². The van der Waals surface area contributed by atoms with Gasteiger partial charge in [0, 0.05) is 31.9 Å². The molecule has 2 aliphatic rings. The molecule has 2 fully saturated rings. The molecule has 2 aliphatic heterocycles. The molecule has 0 radical (unpaired) electrons. The maximum Gasteiger partial charge on any atom is 0.490 e. The van der Waals surface area contributed by atoms with Gasteiger partial charge < -0.3 is 23.9 Å². The van der Waals surface area contributed by atoms with Crippen molar-refractivity contribution in [2.24, 2.45) is 0 Å². The van der Waals surface area contributed by atoms with E-state index in [1.165, 1.54) is 0 Å². The molecular formula is C22H25F3N2O6. The number of pyridine rings is 1. The van der Waals surface area contributed by atoms with Crippen molar-refractivity contribution < 1.29 is 41.8 Å². The van der Waals surface area contributed by atoms with E-state index < -0.39 is 12.1 Å². The lowest BCUT2D eigenvalue weighted by Crippen LogP contribution is -2.50. The summed E-state index contributed by atoms with van der Waals surface area (Å²) in [6.45, 7) is 2.55. The first-order valence-electron chi connectivity index (χ1n) is 10.4. The van der Waals surface area contributed by atoms with Crippen molar-refractivity contribution >= 4 is 11.9 Å². The van der Waals surface area contributed by atoms with Crippen molar-refractivity contribution in [1.29, 1.82) is 0 Å². The van der Waals surface area contributed by atoms with Crippen LogP contribution in [0, 0.1) is 0 Å². The van der Waals surface area contributed by atoms with Gasteiger partial charge >= 0.3 is 12.1 Å². The second kappa shape index (κ2) is 10.8. The number of halogens is 3. The summed E-state index contributed by atoms with van der Waals surface area (Å²) in [6, 6.07) is 7.57. The lowest BCUT2D eigenvalue weighted by Gasteiger charge is -2.39. The van der Waals surface area contributed by atoms with E-state index in [1.54, 1.807) is 12.5 Å². The highest BCUT2D eigenvalue weighted by molar-refractivity contribution is 5.78. The minimum Gasteiger partial charge on any atom is -0.475 e.